The Morgan fingerprint density at radius 1 is 1.19 bits per heavy atom. The Morgan fingerprint density at radius 2 is 1.90 bits per heavy atom. The first kappa shape index (κ1) is 23.3. The highest BCUT2D eigenvalue weighted by Crippen LogP contribution is 2.31. The average Bonchev–Trinajstić information content (AvgIpc) is 2.79. The molecule has 2 aromatic carbocycles. The van der Waals surface area contributed by atoms with Crippen molar-refractivity contribution in [1.29, 1.82) is 0 Å². The van der Waals surface area contributed by atoms with Crippen molar-refractivity contribution in [1.82, 2.24) is 4.31 Å². The van der Waals surface area contributed by atoms with Crippen molar-refractivity contribution in [2.75, 3.05) is 38.7 Å². The summed E-state index contributed by atoms with van der Waals surface area (Å²) >= 11 is 6.12. The molecule has 1 heterocycles. The Hall–Kier alpha value is -2.33. The van der Waals surface area contributed by atoms with Crippen LogP contribution in [-0.4, -0.2) is 58.1 Å². The largest absolute Gasteiger partial charge is 0.495 e. The van der Waals surface area contributed by atoms with Crippen LogP contribution in [0, 0.1) is 0 Å². The number of sulfonamides is 1. The normalized spacial score (nSPS) is 15.8. The Labute approximate surface area is 187 Å². The van der Waals surface area contributed by atoms with E-state index in [1.165, 1.54) is 23.5 Å². The van der Waals surface area contributed by atoms with Crippen LogP contribution in [0.4, 0.5) is 5.69 Å². The van der Waals surface area contributed by atoms with Gasteiger partial charge < -0.3 is 19.5 Å². The molecule has 1 atom stereocenters. The first-order valence-corrected chi connectivity index (χ1v) is 11.7. The number of ether oxygens (including phenoxy) is 3. The summed E-state index contributed by atoms with van der Waals surface area (Å²) < 4.78 is 43.8. The van der Waals surface area contributed by atoms with Gasteiger partial charge in [0.2, 0.25) is 10.0 Å². The van der Waals surface area contributed by atoms with Gasteiger partial charge in [0.1, 0.15) is 16.4 Å². The van der Waals surface area contributed by atoms with Gasteiger partial charge in [-0.1, -0.05) is 30.7 Å². The molecular weight excluding hydrogens is 444 g/mol. The number of nitrogens with zero attached hydrogens (tertiary/aromatic N) is 1. The predicted molar refractivity (Wildman–Crippen MR) is 117 cm³/mol. The van der Waals surface area contributed by atoms with Gasteiger partial charge in [-0.2, -0.15) is 4.31 Å². The number of morpholine rings is 1. The first-order chi connectivity index (χ1) is 14.9. The van der Waals surface area contributed by atoms with Gasteiger partial charge in [-0.3, -0.25) is 4.79 Å². The third kappa shape index (κ3) is 5.48. The molecule has 8 nitrogen and oxygen atoms in total. The van der Waals surface area contributed by atoms with Crippen LogP contribution < -0.4 is 14.8 Å². The van der Waals surface area contributed by atoms with Gasteiger partial charge in [0.25, 0.3) is 5.91 Å². The fourth-order valence-electron chi connectivity index (χ4n) is 3.12. The molecule has 10 heteroatoms. The van der Waals surface area contributed by atoms with Crippen molar-refractivity contribution in [3.63, 3.8) is 0 Å². The van der Waals surface area contributed by atoms with Crippen molar-refractivity contribution in [2.24, 2.45) is 0 Å². The number of halogens is 1. The van der Waals surface area contributed by atoms with Crippen LogP contribution in [0.5, 0.6) is 11.5 Å². The van der Waals surface area contributed by atoms with E-state index < -0.39 is 22.0 Å². The van der Waals surface area contributed by atoms with Crippen LogP contribution in [0.3, 0.4) is 0 Å². The monoisotopic (exact) mass is 468 g/mol. The molecule has 1 aliphatic rings. The second-order valence-corrected chi connectivity index (χ2v) is 9.13. The lowest BCUT2D eigenvalue weighted by atomic mass is 10.2. The number of amides is 1. The summed E-state index contributed by atoms with van der Waals surface area (Å²) in [5, 5.41) is 3.13. The molecule has 168 valence electrons. The van der Waals surface area contributed by atoms with E-state index in [2.05, 4.69) is 5.32 Å². The molecule has 0 unspecified atom stereocenters. The average molecular weight is 469 g/mol. The minimum absolute atomic E-state index is 0.0187. The maximum atomic E-state index is 13.1. The highest BCUT2D eigenvalue weighted by Gasteiger charge is 2.30. The first-order valence-electron chi connectivity index (χ1n) is 9.84. The molecule has 1 fully saturated rings. The van der Waals surface area contributed by atoms with Gasteiger partial charge in [-0.05, 0) is 36.8 Å². The third-order valence-electron chi connectivity index (χ3n) is 4.79. The zero-order valence-electron chi connectivity index (χ0n) is 17.3. The lowest BCUT2D eigenvalue weighted by Crippen LogP contribution is -2.40. The van der Waals surface area contributed by atoms with Crippen molar-refractivity contribution in [3.05, 3.63) is 47.5 Å². The van der Waals surface area contributed by atoms with Crippen LogP contribution in [0.1, 0.15) is 13.3 Å². The van der Waals surface area contributed by atoms with Crippen LogP contribution in [0.15, 0.2) is 47.4 Å². The van der Waals surface area contributed by atoms with E-state index in [9.17, 15) is 13.2 Å². The molecular formula is C21H25ClN2O6S. The second-order valence-electron chi connectivity index (χ2n) is 6.82. The molecule has 1 amide bonds. The molecule has 31 heavy (non-hydrogen) atoms. The number of para-hydroxylation sites is 1. The molecule has 1 saturated heterocycles. The quantitative estimate of drug-likeness (QED) is 0.639. The molecule has 1 aliphatic heterocycles. The van der Waals surface area contributed by atoms with Gasteiger partial charge in [0.05, 0.1) is 25.3 Å². The number of hydrogen-bond donors (Lipinski definition) is 1. The van der Waals surface area contributed by atoms with E-state index in [1.54, 1.807) is 30.3 Å². The fourth-order valence-corrected chi connectivity index (χ4v) is 4.89. The van der Waals surface area contributed by atoms with Gasteiger partial charge >= 0.3 is 0 Å². The predicted octanol–water partition coefficient (Wildman–Crippen LogP) is 3.17. The number of carbonyl (C=O) groups is 1. The van der Waals surface area contributed by atoms with E-state index in [1.807, 2.05) is 6.92 Å². The van der Waals surface area contributed by atoms with Gasteiger partial charge in [-0.15, -0.1) is 0 Å². The van der Waals surface area contributed by atoms with Crippen molar-refractivity contribution in [3.8, 4) is 11.5 Å². The molecule has 0 radical (unpaired) electrons. The molecule has 1 N–H and O–H groups in total. The smallest absolute Gasteiger partial charge is 0.265 e. The van der Waals surface area contributed by atoms with E-state index in [4.69, 9.17) is 25.8 Å². The van der Waals surface area contributed by atoms with Crippen molar-refractivity contribution < 1.29 is 27.4 Å². The summed E-state index contributed by atoms with van der Waals surface area (Å²) in [6, 6.07) is 11.4. The zero-order chi connectivity index (χ0) is 22.4. The minimum atomic E-state index is -3.81. The molecule has 0 aromatic heterocycles. The van der Waals surface area contributed by atoms with E-state index >= 15 is 0 Å². The maximum absolute atomic E-state index is 13.1. The lowest BCUT2D eigenvalue weighted by molar-refractivity contribution is -0.122. The van der Waals surface area contributed by atoms with Crippen LogP contribution in [-0.2, 0) is 19.6 Å². The Kier molecular flexibility index (Phi) is 7.77. The number of methoxy groups -OCH3 is 1. The van der Waals surface area contributed by atoms with Crippen LogP contribution >= 0.6 is 11.6 Å². The molecule has 0 spiro atoms. The fraction of sp³-hybridized carbons (Fsp3) is 0.381. The Balaban J connectivity index is 1.82. The molecule has 0 bridgehead atoms. The lowest BCUT2D eigenvalue weighted by Gasteiger charge is -2.27. The molecule has 0 saturated carbocycles. The van der Waals surface area contributed by atoms with Gasteiger partial charge in [-0.25, -0.2) is 8.42 Å². The topological polar surface area (TPSA) is 94.2 Å². The second kappa shape index (κ2) is 10.3. The highest BCUT2D eigenvalue weighted by molar-refractivity contribution is 7.89. The Bertz CT molecular complexity index is 1020. The van der Waals surface area contributed by atoms with Crippen molar-refractivity contribution in [2.45, 2.75) is 24.3 Å². The highest BCUT2D eigenvalue weighted by atomic mass is 35.5. The minimum Gasteiger partial charge on any atom is -0.495 e. The Morgan fingerprint density at radius 3 is 2.55 bits per heavy atom. The number of hydrogen-bond acceptors (Lipinski definition) is 6. The standard InChI is InChI=1S/C21H25ClN2O6S/c1-3-17(30-18-7-5-4-6-16(18)22)21(25)23-15-8-9-19(28-2)20(14-15)31(26,27)24-10-12-29-13-11-24/h4-9,14,17H,3,10-13H2,1-2H3,(H,23,25)/t17-/m0/s1. The number of nitrogens with one attached hydrogen (secondary N) is 1. The summed E-state index contributed by atoms with van der Waals surface area (Å²) in [5.41, 5.74) is 0.318. The summed E-state index contributed by atoms with van der Waals surface area (Å²) in [7, 11) is -2.42. The number of rotatable bonds is 8. The number of benzene rings is 2. The third-order valence-corrected chi connectivity index (χ3v) is 7.02. The molecule has 3 rings (SSSR count). The van der Waals surface area contributed by atoms with E-state index in [0.29, 0.717) is 36.1 Å². The summed E-state index contributed by atoms with van der Waals surface area (Å²) in [5.74, 6) is 0.183. The van der Waals surface area contributed by atoms with Crippen LogP contribution in [0.2, 0.25) is 5.02 Å². The summed E-state index contributed by atoms with van der Waals surface area (Å²) in [4.78, 5) is 12.8. The molecule has 0 aliphatic carbocycles. The van der Waals surface area contributed by atoms with E-state index in [-0.39, 0.29) is 23.7 Å². The van der Waals surface area contributed by atoms with Gasteiger partial charge in [0.15, 0.2) is 6.10 Å². The summed E-state index contributed by atoms with van der Waals surface area (Å²) in [6.07, 6.45) is -0.409. The number of anilines is 1. The summed E-state index contributed by atoms with van der Waals surface area (Å²) in [6.45, 7) is 2.98. The SMILES string of the molecule is CC[C@H](Oc1ccccc1Cl)C(=O)Nc1ccc(OC)c(S(=O)(=O)N2CCOCC2)c1. The van der Waals surface area contributed by atoms with E-state index in [0.717, 1.165) is 0 Å². The van der Waals surface area contributed by atoms with Crippen molar-refractivity contribution >= 4 is 33.2 Å². The zero-order valence-corrected chi connectivity index (χ0v) is 18.9. The van der Waals surface area contributed by atoms with Crippen LogP contribution in [0.25, 0.3) is 0 Å². The molecule has 2 aromatic rings. The number of carbonyl (C=O) groups excluding carboxylic acids is 1. The van der Waals surface area contributed by atoms with Gasteiger partial charge in [0, 0.05) is 18.8 Å². The maximum Gasteiger partial charge on any atom is 0.265 e.